The van der Waals surface area contributed by atoms with Gasteiger partial charge in [0.2, 0.25) is 5.92 Å². The van der Waals surface area contributed by atoms with Crippen LogP contribution in [0.5, 0.6) is 0 Å². The van der Waals surface area contributed by atoms with Crippen LogP contribution < -0.4 is 5.14 Å². The molecule has 3 heterocycles. The Morgan fingerprint density at radius 2 is 1.77 bits per heavy atom. The standard InChI is InChI=1S/C33H43F2N5O2SSi/c1-31(2,3)44(6,7)42-21-25-10-8-13-30(38-25)40-29-16-22(14-15-23(29)20-37-40)27-11-9-12-28(39-27)26(19-32(4,5)43(36)41)24-17-33(34,35)18-24/h8-16,20,24,26H,17-19,21,36H2,1-7H3/t26-,43?/m0/s1. The minimum absolute atomic E-state index is 0.104. The van der Waals surface area contributed by atoms with Crippen molar-refractivity contribution in [2.24, 2.45) is 11.1 Å². The Morgan fingerprint density at radius 1 is 1.07 bits per heavy atom. The molecule has 1 unspecified atom stereocenters. The molecule has 2 atom stereocenters. The van der Waals surface area contributed by atoms with Crippen LogP contribution in [0.15, 0.2) is 60.8 Å². The maximum atomic E-state index is 13.9. The van der Waals surface area contributed by atoms with E-state index in [0.717, 1.165) is 27.9 Å². The molecule has 11 heteroatoms. The van der Waals surface area contributed by atoms with Gasteiger partial charge >= 0.3 is 0 Å². The second-order valence-corrected chi connectivity index (χ2v) is 20.7. The number of benzene rings is 1. The zero-order valence-corrected chi connectivity index (χ0v) is 28.4. The van der Waals surface area contributed by atoms with Gasteiger partial charge < -0.3 is 4.43 Å². The fourth-order valence-electron chi connectivity index (χ4n) is 5.43. The maximum absolute atomic E-state index is 13.9. The van der Waals surface area contributed by atoms with E-state index in [1.807, 2.05) is 79.3 Å². The van der Waals surface area contributed by atoms with Gasteiger partial charge in [-0.25, -0.2) is 22.7 Å². The predicted molar refractivity (Wildman–Crippen MR) is 176 cm³/mol. The van der Waals surface area contributed by atoms with Crippen LogP contribution >= 0.6 is 0 Å². The van der Waals surface area contributed by atoms with Crippen molar-refractivity contribution < 1.29 is 17.4 Å². The SMILES string of the molecule is CC(C)(C[C@H](c1cccc(-c2ccc3cnn(-c4cccc(CO[Si](C)(C)C(C)(C)C)n4)c3c2)n1)C1CC(F)(F)C1)S(N)=O. The van der Waals surface area contributed by atoms with Gasteiger partial charge in [-0.15, -0.1) is 0 Å². The summed E-state index contributed by atoms with van der Waals surface area (Å²) in [5, 5.41) is 11.5. The zero-order valence-electron chi connectivity index (χ0n) is 26.6. The molecule has 0 amide bonds. The van der Waals surface area contributed by atoms with Crippen molar-refractivity contribution in [2.45, 2.75) is 95.2 Å². The first kappa shape index (κ1) is 32.5. The third-order valence-electron chi connectivity index (χ3n) is 9.36. The molecule has 3 aromatic heterocycles. The summed E-state index contributed by atoms with van der Waals surface area (Å²) in [6, 6.07) is 17.6. The molecule has 7 nitrogen and oxygen atoms in total. The van der Waals surface area contributed by atoms with Crippen LogP contribution in [0.25, 0.3) is 28.0 Å². The summed E-state index contributed by atoms with van der Waals surface area (Å²) in [5.41, 5.74) is 4.03. The van der Waals surface area contributed by atoms with Crippen LogP contribution in [0.4, 0.5) is 8.78 Å². The van der Waals surface area contributed by atoms with Gasteiger partial charge in [-0.05, 0) is 74.7 Å². The molecule has 4 aromatic rings. The highest BCUT2D eigenvalue weighted by molar-refractivity contribution is 7.84. The number of aromatic nitrogens is 4. The van der Waals surface area contributed by atoms with Gasteiger partial charge in [-0.2, -0.15) is 5.10 Å². The van der Waals surface area contributed by atoms with Gasteiger partial charge in [-0.3, -0.25) is 10.1 Å². The van der Waals surface area contributed by atoms with E-state index in [4.69, 9.17) is 19.5 Å². The number of hydrogen-bond donors (Lipinski definition) is 1. The molecule has 1 aliphatic carbocycles. The van der Waals surface area contributed by atoms with Gasteiger partial charge in [0.25, 0.3) is 0 Å². The van der Waals surface area contributed by atoms with Crippen LogP contribution in [0, 0.1) is 5.92 Å². The number of nitrogens with zero attached hydrogens (tertiary/aromatic N) is 4. The largest absolute Gasteiger partial charge is 0.411 e. The Balaban J connectivity index is 1.45. The fourth-order valence-corrected chi connectivity index (χ4v) is 6.72. The lowest BCUT2D eigenvalue weighted by Crippen LogP contribution is -2.42. The zero-order chi connectivity index (χ0) is 32.1. The monoisotopic (exact) mass is 639 g/mol. The predicted octanol–water partition coefficient (Wildman–Crippen LogP) is 7.92. The molecule has 1 aliphatic rings. The Morgan fingerprint density at radius 3 is 2.43 bits per heavy atom. The van der Waals surface area contributed by atoms with E-state index in [2.05, 4.69) is 39.0 Å². The number of pyridine rings is 2. The first-order chi connectivity index (χ1) is 20.5. The van der Waals surface area contributed by atoms with E-state index in [9.17, 15) is 13.0 Å². The van der Waals surface area contributed by atoms with Crippen molar-refractivity contribution in [3.63, 3.8) is 0 Å². The Hall–Kier alpha value is -2.86. The normalized spacial score (nSPS) is 17.4. The van der Waals surface area contributed by atoms with Crippen LogP contribution in [0.3, 0.4) is 0 Å². The van der Waals surface area contributed by atoms with Crippen LogP contribution in [0.2, 0.25) is 18.1 Å². The molecule has 2 N–H and O–H groups in total. The highest BCUT2D eigenvalue weighted by Gasteiger charge is 2.50. The molecular weight excluding hydrogens is 597 g/mol. The summed E-state index contributed by atoms with van der Waals surface area (Å²) in [6.45, 7) is 15.2. The molecule has 0 bridgehead atoms. The Labute approximate surface area is 262 Å². The third-order valence-corrected chi connectivity index (χ3v) is 15.1. The number of rotatable bonds is 10. The fraction of sp³-hybridized carbons (Fsp3) is 0.485. The molecule has 1 aromatic carbocycles. The molecule has 1 fully saturated rings. The first-order valence-electron chi connectivity index (χ1n) is 15.1. The summed E-state index contributed by atoms with van der Waals surface area (Å²) in [7, 11) is -3.54. The smallest absolute Gasteiger partial charge is 0.248 e. The number of halogens is 2. The average Bonchev–Trinajstić information content (AvgIpc) is 3.36. The summed E-state index contributed by atoms with van der Waals surface area (Å²) in [6.07, 6.45) is 1.82. The molecule has 5 rings (SSSR count). The van der Waals surface area contributed by atoms with E-state index in [1.165, 1.54) is 0 Å². The topological polar surface area (TPSA) is 95.9 Å². The second-order valence-electron chi connectivity index (χ2n) is 14.2. The lowest BCUT2D eigenvalue weighted by atomic mass is 9.69. The molecule has 44 heavy (non-hydrogen) atoms. The summed E-state index contributed by atoms with van der Waals surface area (Å²) < 4.78 is 47.6. The quantitative estimate of drug-likeness (QED) is 0.178. The van der Waals surface area contributed by atoms with E-state index < -0.39 is 30.0 Å². The highest BCUT2D eigenvalue weighted by atomic mass is 32.2. The second kappa shape index (κ2) is 11.8. The van der Waals surface area contributed by atoms with Crippen molar-refractivity contribution in [2.75, 3.05) is 0 Å². The van der Waals surface area contributed by atoms with Crippen molar-refractivity contribution in [3.8, 4) is 17.1 Å². The van der Waals surface area contributed by atoms with Gasteiger partial charge in [0.05, 0.1) is 45.4 Å². The minimum Gasteiger partial charge on any atom is -0.411 e. The van der Waals surface area contributed by atoms with Gasteiger partial charge in [0.15, 0.2) is 14.1 Å². The van der Waals surface area contributed by atoms with Crippen molar-refractivity contribution in [1.82, 2.24) is 19.7 Å². The van der Waals surface area contributed by atoms with Crippen LogP contribution in [-0.4, -0.2) is 42.9 Å². The van der Waals surface area contributed by atoms with Crippen molar-refractivity contribution >= 4 is 30.2 Å². The van der Waals surface area contributed by atoms with E-state index in [-0.39, 0.29) is 29.7 Å². The molecule has 0 saturated heterocycles. The molecule has 0 radical (unpaired) electrons. The molecule has 1 saturated carbocycles. The Kier molecular flexibility index (Phi) is 8.73. The molecule has 0 spiro atoms. The molecule has 0 aliphatic heterocycles. The number of nitrogens with two attached hydrogens (primary N) is 1. The lowest BCUT2D eigenvalue weighted by Gasteiger charge is -2.42. The molecule has 236 valence electrons. The van der Waals surface area contributed by atoms with Crippen LogP contribution in [0.1, 0.15) is 71.2 Å². The van der Waals surface area contributed by atoms with Gasteiger partial charge in [0, 0.05) is 35.4 Å². The highest BCUT2D eigenvalue weighted by Crippen LogP contribution is 2.51. The van der Waals surface area contributed by atoms with E-state index in [1.54, 1.807) is 0 Å². The number of alkyl halides is 2. The number of hydrogen-bond acceptors (Lipinski definition) is 5. The van der Waals surface area contributed by atoms with E-state index >= 15 is 0 Å². The third kappa shape index (κ3) is 6.85. The lowest BCUT2D eigenvalue weighted by molar-refractivity contribution is -0.118. The summed E-state index contributed by atoms with van der Waals surface area (Å²) in [5.74, 6) is -2.51. The van der Waals surface area contributed by atoms with E-state index in [0.29, 0.717) is 24.5 Å². The average molecular weight is 640 g/mol. The van der Waals surface area contributed by atoms with Gasteiger partial charge in [-0.1, -0.05) is 45.0 Å². The van der Waals surface area contributed by atoms with Crippen molar-refractivity contribution in [1.29, 1.82) is 0 Å². The van der Waals surface area contributed by atoms with Crippen LogP contribution in [-0.2, 0) is 22.0 Å². The number of fused-ring (bicyclic) bond motifs is 1. The van der Waals surface area contributed by atoms with Crippen molar-refractivity contribution in [3.05, 3.63) is 72.2 Å². The summed E-state index contributed by atoms with van der Waals surface area (Å²) in [4.78, 5) is 9.84. The minimum atomic E-state index is -2.67. The molecular formula is C33H43F2N5O2SSi. The maximum Gasteiger partial charge on any atom is 0.248 e. The summed E-state index contributed by atoms with van der Waals surface area (Å²) >= 11 is 0. The van der Waals surface area contributed by atoms with Gasteiger partial charge in [0.1, 0.15) is 0 Å². The Bertz CT molecular complexity index is 1680. The first-order valence-corrected chi connectivity index (χ1v) is 19.2.